The van der Waals surface area contributed by atoms with Gasteiger partial charge in [-0.1, -0.05) is 49.7 Å². The zero-order valence-corrected chi connectivity index (χ0v) is 20.4. The number of benzene rings is 2. The van der Waals surface area contributed by atoms with Gasteiger partial charge in [0.1, 0.15) is 11.4 Å². The molecule has 0 unspecified atom stereocenters. The van der Waals surface area contributed by atoms with Crippen LogP contribution in [0.1, 0.15) is 35.6 Å². The molecule has 0 atom stereocenters. The van der Waals surface area contributed by atoms with Gasteiger partial charge in [-0.3, -0.25) is 4.98 Å². The predicted octanol–water partition coefficient (Wildman–Crippen LogP) is 8.29. The van der Waals surface area contributed by atoms with Crippen molar-refractivity contribution in [3.63, 3.8) is 0 Å². The van der Waals surface area contributed by atoms with Gasteiger partial charge in [-0.05, 0) is 47.5 Å². The van der Waals surface area contributed by atoms with Crippen molar-refractivity contribution in [1.82, 2.24) is 15.0 Å². The number of hydrogen-bond acceptors (Lipinski definition) is 4. The molecule has 2 aromatic heterocycles. The molecule has 1 N–H and O–H groups in total. The summed E-state index contributed by atoms with van der Waals surface area (Å²) < 4.78 is 79.2. The van der Waals surface area contributed by atoms with Gasteiger partial charge in [-0.25, -0.2) is 14.8 Å². The summed E-state index contributed by atoms with van der Waals surface area (Å²) in [5.74, 6) is -1.59. The number of pyridine rings is 1. The van der Waals surface area contributed by atoms with E-state index in [1.807, 2.05) is 13.8 Å². The van der Waals surface area contributed by atoms with Crippen molar-refractivity contribution in [1.29, 1.82) is 0 Å². The molecule has 0 aliphatic heterocycles. The van der Waals surface area contributed by atoms with E-state index in [0.29, 0.717) is 23.3 Å². The van der Waals surface area contributed by atoms with E-state index in [-0.39, 0.29) is 33.2 Å². The van der Waals surface area contributed by atoms with E-state index < -0.39 is 29.7 Å². The maximum atomic E-state index is 13.6. The molecule has 0 saturated heterocycles. The lowest BCUT2D eigenvalue weighted by Gasteiger charge is -2.12. The molecule has 198 valence electrons. The van der Waals surface area contributed by atoms with Crippen LogP contribution in [-0.4, -0.2) is 26.0 Å². The molecule has 0 saturated carbocycles. The van der Waals surface area contributed by atoms with Gasteiger partial charge in [-0.15, -0.1) is 0 Å². The Hall–Kier alpha value is -3.99. The molecule has 12 heteroatoms. The second-order valence-electron chi connectivity index (χ2n) is 7.47. The minimum absolute atomic E-state index is 0.0124. The van der Waals surface area contributed by atoms with Crippen molar-refractivity contribution in [3.05, 3.63) is 88.8 Å². The number of alkyl halides is 6. The highest BCUT2D eigenvalue weighted by molar-refractivity contribution is 6.33. The van der Waals surface area contributed by atoms with Crippen LogP contribution in [0.5, 0.6) is 0 Å². The van der Waals surface area contributed by atoms with Gasteiger partial charge in [0.15, 0.2) is 5.82 Å². The Labute approximate surface area is 217 Å². The van der Waals surface area contributed by atoms with Crippen molar-refractivity contribution in [2.24, 2.45) is 0 Å². The third kappa shape index (κ3) is 6.46. The van der Waals surface area contributed by atoms with Gasteiger partial charge in [0, 0.05) is 17.3 Å². The third-order valence-corrected chi connectivity index (χ3v) is 5.35. The maximum Gasteiger partial charge on any atom is 0.433 e. The molecule has 0 fully saturated rings. The molecule has 0 amide bonds. The zero-order valence-electron chi connectivity index (χ0n) is 19.7. The highest BCUT2D eigenvalue weighted by Gasteiger charge is 2.35. The maximum absolute atomic E-state index is 13.6. The Morgan fingerprint density at radius 2 is 1.37 bits per heavy atom. The van der Waals surface area contributed by atoms with Crippen molar-refractivity contribution in [2.75, 3.05) is 0 Å². The molecule has 2 heterocycles. The average Bonchev–Trinajstić information content (AvgIpc) is 2.89. The van der Waals surface area contributed by atoms with Gasteiger partial charge in [0.05, 0.1) is 16.3 Å². The van der Waals surface area contributed by atoms with E-state index in [1.54, 1.807) is 12.1 Å². The zero-order chi connectivity index (χ0) is 28.3. The summed E-state index contributed by atoms with van der Waals surface area (Å²) in [6.45, 7) is 4.00. The fourth-order valence-electron chi connectivity index (χ4n) is 3.29. The summed E-state index contributed by atoms with van der Waals surface area (Å²) in [6.07, 6.45) is -8.79. The first kappa shape index (κ1) is 28.6. The van der Waals surface area contributed by atoms with Crippen LogP contribution in [0.2, 0.25) is 5.02 Å². The number of aromatic nitrogens is 3. The van der Waals surface area contributed by atoms with Crippen LogP contribution in [0.4, 0.5) is 26.3 Å². The molecule has 0 aliphatic rings. The number of rotatable bonds is 4. The van der Waals surface area contributed by atoms with Crippen molar-refractivity contribution >= 4 is 17.6 Å². The van der Waals surface area contributed by atoms with Crippen LogP contribution in [0, 0.1) is 0 Å². The Morgan fingerprint density at radius 1 is 0.763 bits per heavy atom. The van der Waals surface area contributed by atoms with E-state index in [4.69, 9.17) is 11.6 Å². The quantitative estimate of drug-likeness (QED) is 0.257. The fourth-order valence-corrected chi connectivity index (χ4v) is 3.49. The van der Waals surface area contributed by atoms with Gasteiger partial charge >= 0.3 is 18.3 Å². The molecular weight excluding hydrogens is 536 g/mol. The fraction of sp³-hybridized carbons (Fsp3) is 0.154. The average molecular weight is 554 g/mol. The summed E-state index contributed by atoms with van der Waals surface area (Å²) in [7, 11) is 0. The van der Waals surface area contributed by atoms with E-state index in [9.17, 15) is 36.2 Å². The van der Waals surface area contributed by atoms with Crippen molar-refractivity contribution < 1.29 is 36.2 Å². The van der Waals surface area contributed by atoms with Crippen LogP contribution < -0.4 is 0 Å². The topological polar surface area (TPSA) is 76.0 Å². The lowest BCUT2D eigenvalue weighted by atomic mass is 10.0. The highest BCUT2D eigenvalue weighted by atomic mass is 35.5. The number of carbonyl (C=O) groups is 1. The smallest absolute Gasteiger partial charge is 0.433 e. The number of carboxylic acids is 1. The number of hydrogen-bond donors (Lipinski definition) is 1. The Kier molecular flexibility index (Phi) is 8.41. The summed E-state index contributed by atoms with van der Waals surface area (Å²) in [5.41, 5.74) is -1.97. The summed E-state index contributed by atoms with van der Waals surface area (Å²) >= 11 is 5.90. The Morgan fingerprint density at radius 3 is 1.95 bits per heavy atom. The predicted molar refractivity (Wildman–Crippen MR) is 129 cm³/mol. The minimum atomic E-state index is -4.87. The molecule has 4 aromatic rings. The third-order valence-electron chi connectivity index (χ3n) is 5.02. The number of aromatic carboxylic acids is 1. The van der Waals surface area contributed by atoms with Gasteiger partial charge in [0.25, 0.3) is 0 Å². The second kappa shape index (κ2) is 11.2. The van der Waals surface area contributed by atoms with E-state index in [0.717, 1.165) is 12.3 Å². The molecule has 38 heavy (non-hydrogen) atoms. The summed E-state index contributed by atoms with van der Waals surface area (Å²) in [4.78, 5) is 22.4. The molecule has 0 bridgehead atoms. The molecule has 5 nitrogen and oxygen atoms in total. The first-order chi connectivity index (χ1) is 17.8. The SMILES string of the molecule is CC.O=C(O)c1cc(-c2cccc(-c3nc(-c4ccc(C(F)(F)F)nc4)cc(C(F)(F)F)n3)c2)ccc1Cl. The largest absolute Gasteiger partial charge is 0.478 e. The van der Waals surface area contributed by atoms with Crippen LogP contribution in [0.25, 0.3) is 33.8 Å². The van der Waals surface area contributed by atoms with E-state index >= 15 is 0 Å². The molecule has 4 rings (SSSR count). The van der Waals surface area contributed by atoms with Gasteiger partial charge in [0.2, 0.25) is 0 Å². The van der Waals surface area contributed by atoms with Crippen LogP contribution >= 0.6 is 11.6 Å². The molecule has 0 spiro atoms. The Balaban J connectivity index is 0.00000195. The number of halogens is 7. The second-order valence-corrected chi connectivity index (χ2v) is 7.88. The molecule has 0 aliphatic carbocycles. The molecular formula is C26H18ClF6N3O2. The lowest BCUT2D eigenvalue weighted by molar-refractivity contribution is -0.141. The minimum Gasteiger partial charge on any atom is -0.478 e. The highest BCUT2D eigenvalue weighted by Crippen LogP contribution is 2.34. The summed E-state index contributed by atoms with van der Waals surface area (Å²) in [5, 5.41) is 9.31. The number of nitrogens with zero attached hydrogens (tertiary/aromatic N) is 3. The van der Waals surface area contributed by atoms with Crippen molar-refractivity contribution in [2.45, 2.75) is 26.2 Å². The van der Waals surface area contributed by atoms with Crippen molar-refractivity contribution in [3.8, 4) is 33.8 Å². The van der Waals surface area contributed by atoms with Gasteiger partial charge < -0.3 is 5.11 Å². The standard InChI is InChI=1S/C24H12ClF6N3O2.C2H6/c25-17-6-4-13(9-16(17)22(35)36)12-2-1-3-14(8-12)21-33-18(10-20(34-21)24(29,30)31)15-5-7-19(32-11-15)23(26,27)28;1-2/h1-11H,(H,35,36);1-2H3. The molecule has 2 aromatic carbocycles. The number of carboxylic acid groups (broad SMARTS) is 1. The first-order valence-electron chi connectivity index (χ1n) is 11.0. The van der Waals surface area contributed by atoms with E-state index in [1.165, 1.54) is 30.3 Å². The van der Waals surface area contributed by atoms with Crippen LogP contribution in [0.3, 0.4) is 0 Å². The Bertz CT molecular complexity index is 1460. The molecule has 0 radical (unpaired) electrons. The normalized spacial score (nSPS) is 11.5. The van der Waals surface area contributed by atoms with E-state index in [2.05, 4.69) is 15.0 Å². The lowest BCUT2D eigenvalue weighted by Crippen LogP contribution is -2.11. The summed E-state index contributed by atoms with van der Waals surface area (Å²) in [6, 6.07) is 12.5. The van der Waals surface area contributed by atoms with Crippen LogP contribution in [-0.2, 0) is 12.4 Å². The monoisotopic (exact) mass is 553 g/mol. The first-order valence-corrected chi connectivity index (χ1v) is 11.3. The van der Waals surface area contributed by atoms with Crippen LogP contribution in [0.15, 0.2) is 66.9 Å². The van der Waals surface area contributed by atoms with Gasteiger partial charge in [-0.2, -0.15) is 26.3 Å².